The summed E-state index contributed by atoms with van der Waals surface area (Å²) in [5.41, 5.74) is 1.19. The van der Waals surface area contributed by atoms with Crippen LogP contribution in [0.1, 0.15) is 112 Å². The van der Waals surface area contributed by atoms with Gasteiger partial charge in [-0.1, -0.05) is 53.2 Å². The van der Waals surface area contributed by atoms with Gasteiger partial charge in [0.05, 0.1) is 31.3 Å². The number of halogens is 1. The van der Waals surface area contributed by atoms with Gasteiger partial charge in [-0.2, -0.15) is 0 Å². The first-order chi connectivity index (χ1) is 20.7. The number of amides is 1. The molecule has 1 unspecified atom stereocenters. The summed E-state index contributed by atoms with van der Waals surface area (Å²) < 4.78 is 0. The third-order valence-corrected chi connectivity index (χ3v) is 15.0. The van der Waals surface area contributed by atoms with Crippen LogP contribution in [0.25, 0.3) is 0 Å². The fourth-order valence-electron chi connectivity index (χ4n) is 12.0. The maximum Gasteiger partial charge on any atom is 0.226 e. The largest absolute Gasteiger partial charge is 0.396 e. The minimum atomic E-state index is -0.445. The van der Waals surface area contributed by atoms with Gasteiger partial charge >= 0.3 is 0 Å². The molecule has 7 nitrogen and oxygen atoms in total. The van der Waals surface area contributed by atoms with E-state index in [9.17, 15) is 25.2 Å². The quantitative estimate of drug-likeness (QED) is 0.161. The number of aliphatic hydroxyl groups excluding tert-OH is 4. The predicted octanol–water partition coefficient (Wildman–Crippen LogP) is 5.34. The van der Waals surface area contributed by atoms with E-state index in [-0.39, 0.29) is 71.1 Å². The molecule has 4 fully saturated rings. The topological polar surface area (TPSA) is 113 Å². The van der Waals surface area contributed by atoms with Crippen molar-refractivity contribution in [3.8, 4) is 0 Å². The first-order valence-electron chi connectivity index (χ1n) is 17.9. The molecule has 9 atom stereocenters. The molecule has 260 valence electrons. The molecule has 0 bridgehead atoms. The number of fused-ring (bicyclic) bond motifs is 7. The van der Waals surface area contributed by atoms with Gasteiger partial charge < -0.3 is 25.7 Å². The van der Waals surface area contributed by atoms with Crippen molar-refractivity contribution in [2.45, 2.75) is 118 Å². The maximum atomic E-state index is 14.3. The van der Waals surface area contributed by atoms with Gasteiger partial charge in [-0.3, -0.25) is 9.69 Å². The lowest BCUT2D eigenvalue weighted by Gasteiger charge is -2.71. The second kappa shape index (κ2) is 13.3. The van der Waals surface area contributed by atoms with Crippen LogP contribution < -0.4 is 5.32 Å². The van der Waals surface area contributed by atoms with E-state index in [4.69, 9.17) is 0 Å². The number of nitrogens with one attached hydrogen (secondary N) is 1. The Morgan fingerprint density at radius 1 is 0.889 bits per heavy atom. The number of hydrogen-bond donors (Lipinski definition) is 5. The van der Waals surface area contributed by atoms with E-state index in [1.807, 2.05) is 0 Å². The van der Waals surface area contributed by atoms with Crippen molar-refractivity contribution >= 4 is 18.3 Å². The molecule has 0 heterocycles. The van der Waals surface area contributed by atoms with Crippen LogP contribution in [0.15, 0.2) is 11.6 Å². The summed E-state index contributed by atoms with van der Waals surface area (Å²) >= 11 is 0. The maximum absolute atomic E-state index is 14.3. The van der Waals surface area contributed by atoms with Gasteiger partial charge in [0, 0.05) is 25.0 Å². The zero-order chi connectivity index (χ0) is 32.2. The van der Waals surface area contributed by atoms with E-state index < -0.39 is 11.5 Å². The molecule has 0 aromatic rings. The minimum absolute atomic E-state index is 0. The molecule has 5 rings (SSSR count). The van der Waals surface area contributed by atoms with E-state index in [1.54, 1.807) is 5.57 Å². The number of nitrogens with zero attached hydrogens (tertiary/aromatic N) is 1. The van der Waals surface area contributed by atoms with Crippen molar-refractivity contribution in [3.63, 3.8) is 0 Å². The third kappa shape index (κ3) is 5.86. The standard InChI is InChI=1S/C37H64N2O5.ClH/c1-32(2)14-16-37(31(44)38-18-7-19-39(20-22-40)21-23-41)17-15-35(5)26(27(37)24-32)8-9-29-33(3)12-11-30(43)34(4,25-42)28(33)10-13-36(29,35)6;/h8,27-30,40-43H,7,9-25H2,1-6H3,(H,38,44);1H/t27-,28?,29-,30+,33+,34+,35-,36-,37+;/m1./s1. The van der Waals surface area contributed by atoms with E-state index in [2.05, 4.69) is 57.8 Å². The Kier molecular flexibility index (Phi) is 11.0. The number of allylic oxidation sites excluding steroid dienone is 2. The molecule has 0 radical (unpaired) electrons. The molecule has 45 heavy (non-hydrogen) atoms. The number of carbonyl (C=O) groups is 1. The molecule has 5 aliphatic rings. The Bertz CT molecular complexity index is 1090. The first-order valence-corrected chi connectivity index (χ1v) is 17.9. The second-order valence-electron chi connectivity index (χ2n) is 17.5. The number of aliphatic hydroxyl groups is 4. The Balaban J connectivity index is 0.00000461. The predicted molar refractivity (Wildman–Crippen MR) is 182 cm³/mol. The Hall–Kier alpha value is -0.700. The van der Waals surface area contributed by atoms with Crippen LogP contribution in [-0.2, 0) is 4.79 Å². The highest BCUT2D eigenvalue weighted by atomic mass is 35.5. The van der Waals surface area contributed by atoms with Crippen molar-refractivity contribution in [1.29, 1.82) is 0 Å². The van der Waals surface area contributed by atoms with Gasteiger partial charge in [-0.15, -0.1) is 12.4 Å². The zero-order valence-corrected chi connectivity index (χ0v) is 30.0. The SMILES string of the molecule is CC1(C)CC[C@]2(C(=O)NCCCN(CCO)CCO)CC[C@]3(C)C(=CC[C@@H]4[C@@]5(C)CC[C@H](O)[C@@](C)(CO)C5CC[C@]43C)[C@H]2C1.Cl. The average molecular weight is 653 g/mol. The van der Waals surface area contributed by atoms with E-state index in [1.165, 1.54) is 0 Å². The minimum Gasteiger partial charge on any atom is -0.396 e. The summed E-state index contributed by atoms with van der Waals surface area (Å²) in [4.78, 5) is 16.4. The van der Waals surface area contributed by atoms with Crippen LogP contribution in [-0.4, -0.2) is 83.3 Å². The summed E-state index contributed by atoms with van der Waals surface area (Å²) in [6.07, 6.45) is 13.0. The molecule has 0 spiro atoms. The van der Waals surface area contributed by atoms with Gasteiger partial charge in [0.2, 0.25) is 5.91 Å². The molecular weight excluding hydrogens is 588 g/mol. The molecule has 0 aromatic carbocycles. The van der Waals surface area contributed by atoms with Gasteiger partial charge in [-0.25, -0.2) is 0 Å². The van der Waals surface area contributed by atoms with Crippen LogP contribution in [0.2, 0.25) is 0 Å². The van der Waals surface area contributed by atoms with E-state index >= 15 is 0 Å². The van der Waals surface area contributed by atoms with Gasteiger partial charge in [-0.05, 0) is 117 Å². The summed E-state index contributed by atoms with van der Waals surface area (Å²) in [7, 11) is 0. The van der Waals surface area contributed by atoms with Crippen molar-refractivity contribution in [2.24, 2.45) is 50.2 Å². The molecule has 0 saturated heterocycles. The first kappa shape index (κ1) is 37.1. The van der Waals surface area contributed by atoms with Crippen LogP contribution in [0.3, 0.4) is 0 Å². The Morgan fingerprint density at radius 2 is 1.56 bits per heavy atom. The van der Waals surface area contributed by atoms with Crippen molar-refractivity contribution in [1.82, 2.24) is 10.2 Å². The number of rotatable bonds is 10. The van der Waals surface area contributed by atoms with Crippen LogP contribution >= 0.6 is 12.4 Å². The van der Waals surface area contributed by atoms with Gasteiger partial charge in [0.1, 0.15) is 0 Å². The normalized spacial score (nSPS) is 43.6. The molecule has 8 heteroatoms. The summed E-state index contributed by atoms with van der Waals surface area (Å²) in [5.74, 6) is 1.30. The van der Waals surface area contributed by atoms with Crippen LogP contribution in [0, 0.1) is 50.2 Å². The highest BCUT2D eigenvalue weighted by Crippen LogP contribution is 2.75. The Labute approximate surface area is 279 Å². The lowest BCUT2D eigenvalue weighted by atomic mass is 9.33. The van der Waals surface area contributed by atoms with Crippen LogP contribution in [0.5, 0.6) is 0 Å². The van der Waals surface area contributed by atoms with Crippen molar-refractivity contribution < 1.29 is 25.2 Å². The lowest BCUT2D eigenvalue weighted by Crippen LogP contribution is -2.66. The van der Waals surface area contributed by atoms with E-state index in [0.29, 0.717) is 31.5 Å². The molecule has 5 aliphatic carbocycles. The fourth-order valence-corrected chi connectivity index (χ4v) is 12.0. The van der Waals surface area contributed by atoms with Crippen LogP contribution in [0.4, 0.5) is 0 Å². The zero-order valence-electron chi connectivity index (χ0n) is 29.2. The highest BCUT2D eigenvalue weighted by Gasteiger charge is 2.69. The van der Waals surface area contributed by atoms with E-state index in [0.717, 1.165) is 77.2 Å². The summed E-state index contributed by atoms with van der Waals surface area (Å²) in [6.45, 7) is 17.1. The van der Waals surface area contributed by atoms with Crippen molar-refractivity contribution in [2.75, 3.05) is 46.0 Å². The third-order valence-electron chi connectivity index (χ3n) is 15.0. The molecule has 0 aliphatic heterocycles. The molecule has 5 N–H and O–H groups in total. The van der Waals surface area contributed by atoms with Crippen molar-refractivity contribution in [3.05, 3.63) is 11.6 Å². The molecule has 4 saturated carbocycles. The fraction of sp³-hybridized carbons (Fsp3) is 0.919. The van der Waals surface area contributed by atoms with Gasteiger partial charge in [0.15, 0.2) is 0 Å². The Morgan fingerprint density at radius 3 is 2.20 bits per heavy atom. The smallest absolute Gasteiger partial charge is 0.226 e. The highest BCUT2D eigenvalue weighted by molar-refractivity contribution is 5.85. The monoisotopic (exact) mass is 652 g/mol. The number of hydrogen-bond acceptors (Lipinski definition) is 6. The van der Waals surface area contributed by atoms with Gasteiger partial charge in [0.25, 0.3) is 0 Å². The summed E-state index contributed by atoms with van der Waals surface area (Å²) in [6, 6.07) is 0. The summed E-state index contributed by atoms with van der Waals surface area (Å²) in [5, 5.41) is 43.7. The second-order valence-corrected chi connectivity index (χ2v) is 17.5. The average Bonchev–Trinajstić information content (AvgIpc) is 2.97. The number of carbonyl (C=O) groups excluding carboxylic acids is 1. The molecule has 0 aromatic heterocycles. The lowest BCUT2D eigenvalue weighted by molar-refractivity contribution is -0.215. The molecular formula is C37H65ClN2O5. The molecule has 1 amide bonds.